The van der Waals surface area contributed by atoms with E-state index < -0.39 is 0 Å². The summed E-state index contributed by atoms with van der Waals surface area (Å²) in [6, 6.07) is 19.9. The average molecular weight is 257 g/mol. The molecule has 0 bridgehead atoms. The number of nitrogens with zero attached hydrogens (tertiary/aromatic N) is 2. The third-order valence-electron chi connectivity index (χ3n) is 3.51. The first-order valence-electron chi connectivity index (χ1n) is 7.03. The number of benzene rings is 2. The van der Waals surface area contributed by atoms with Gasteiger partial charge in [0.15, 0.2) is 0 Å². The molecule has 0 saturated heterocycles. The summed E-state index contributed by atoms with van der Waals surface area (Å²) in [6.45, 7) is 0. The van der Waals surface area contributed by atoms with Crippen molar-refractivity contribution >= 4 is 21.5 Å². The van der Waals surface area contributed by atoms with Crippen LogP contribution in [0.3, 0.4) is 0 Å². The van der Waals surface area contributed by atoms with Crippen molar-refractivity contribution in [2.75, 3.05) is 0 Å². The van der Waals surface area contributed by atoms with Crippen molar-refractivity contribution in [1.82, 2.24) is 9.97 Å². The van der Waals surface area contributed by atoms with Gasteiger partial charge in [0.25, 0.3) is 0 Å². The van der Waals surface area contributed by atoms with Gasteiger partial charge in [-0.25, -0.2) is 0 Å². The smallest absolute Gasteiger partial charge is 0.0970 e. The van der Waals surface area contributed by atoms with Crippen LogP contribution in [0.5, 0.6) is 0 Å². The Balaban J connectivity index is 2.14. The SMILES string of the molecule is [2H]c1cc2ccccc2c(-c2nccc3ccccc23)n1. The van der Waals surface area contributed by atoms with E-state index in [1.165, 1.54) is 0 Å². The minimum absolute atomic E-state index is 0.262. The molecule has 0 aliphatic carbocycles. The van der Waals surface area contributed by atoms with Gasteiger partial charge in [0.2, 0.25) is 0 Å². The normalized spacial score (nSPS) is 11.7. The molecule has 2 aromatic carbocycles. The Kier molecular flexibility index (Phi) is 2.23. The summed E-state index contributed by atoms with van der Waals surface area (Å²) in [4.78, 5) is 8.95. The highest BCUT2D eigenvalue weighted by molar-refractivity contribution is 6.02. The molecule has 0 unspecified atom stereocenters. The molecule has 4 rings (SSSR count). The van der Waals surface area contributed by atoms with Gasteiger partial charge in [0, 0.05) is 23.1 Å². The number of pyridine rings is 2. The van der Waals surface area contributed by atoms with Gasteiger partial charge in [0.1, 0.15) is 0 Å². The van der Waals surface area contributed by atoms with E-state index in [9.17, 15) is 0 Å². The second kappa shape index (κ2) is 4.42. The van der Waals surface area contributed by atoms with Crippen molar-refractivity contribution < 1.29 is 1.37 Å². The molecule has 0 aliphatic heterocycles. The van der Waals surface area contributed by atoms with E-state index in [1.807, 2.05) is 48.5 Å². The van der Waals surface area contributed by atoms with E-state index in [1.54, 1.807) is 12.3 Å². The van der Waals surface area contributed by atoms with Crippen LogP contribution in [0.2, 0.25) is 0 Å². The predicted molar refractivity (Wildman–Crippen MR) is 82.5 cm³/mol. The summed E-state index contributed by atoms with van der Waals surface area (Å²) in [7, 11) is 0. The lowest BCUT2D eigenvalue weighted by atomic mass is 10.0. The molecule has 0 atom stereocenters. The maximum atomic E-state index is 7.94. The highest BCUT2D eigenvalue weighted by atomic mass is 14.8. The topological polar surface area (TPSA) is 25.8 Å². The van der Waals surface area contributed by atoms with Gasteiger partial charge in [-0.15, -0.1) is 0 Å². The Morgan fingerprint density at radius 1 is 0.650 bits per heavy atom. The van der Waals surface area contributed by atoms with E-state index in [-0.39, 0.29) is 6.17 Å². The molecule has 0 radical (unpaired) electrons. The Hall–Kier alpha value is -2.74. The van der Waals surface area contributed by atoms with Crippen LogP contribution in [-0.4, -0.2) is 9.97 Å². The van der Waals surface area contributed by atoms with Gasteiger partial charge in [-0.2, -0.15) is 0 Å². The maximum absolute atomic E-state index is 7.94. The fourth-order valence-electron chi connectivity index (χ4n) is 2.55. The molecule has 0 amide bonds. The molecule has 2 aromatic heterocycles. The van der Waals surface area contributed by atoms with Crippen LogP contribution in [-0.2, 0) is 0 Å². The van der Waals surface area contributed by atoms with E-state index in [0.29, 0.717) is 0 Å². The molecule has 20 heavy (non-hydrogen) atoms. The van der Waals surface area contributed by atoms with E-state index in [4.69, 9.17) is 1.37 Å². The fourth-order valence-corrected chi connectivity index (χ4v) is 2.55. The van der Waals surface area contributed by atoms with E-state index in [2.05, 4.69) is 16.0 Å². The Morgan fingerprint density at radius 2 is 1.25 bits per heavy atom. The lowest BCUT2D eigenvalue weighted by Gasteiger charge is -2.07. The molecule has 0 fully saturated rings. The molecule has 0 aliphatic rings. The second-order valence-corrected chi connectivity index (χ2v) is 4.70. The Labute approximate surface area is 118 Å². The summed E-state index contributed by atoms with van der Waals surface area (Å²) in [5.41, 5.74) is 1.60. The maximum Gasteiger partial charge on any atom is 0.0970 e. The standard InChI is InChI=1S/C18H12N2/c1-3-7-15-13(5-1)9-11-19-17(15)18-16-8-4-2-6-14(16)10-12-20-18/h1-12H/i11D. The van der Waals surface area contributed by atoms with Crippen molar-refractivity contribution in [3.05, 3.63) is 73.0 Å². The van der Waals surface area contributed by atoms with Crippen molar-refractivity contribution in [2.24, 2.45) is 0 Å². The summed E-state index contributed by atoms with van der Waals surface area (Å²) in [5, 5.41) is 4.23. The highest BCUT2D eigenvalue weighted by Crippen LogP contribution is 2.29. The Bertz CT molecular complexity index is 958. The molecule has 0 N–H and O–H groups in total. The van der Waals surface area contributed by atoms with Gasteiger partial charge >= 0.3 is 0 Å². The molecule has 2 heterocycles. The van der Waals surface area contributed by atoms with Crippen LogP contribution in [0, 0.1) is 0 Å². The molecule has 2 heteroatoms. The average Bonchev–Trinajstić information content (AvgIpc) is 2.53. The van der Waals surface area contributed by atoms with Crippen LogP contribution < -0.4 is 0 Å². The first-order valence-corrected chi connectivity index (χ1v) is 6.53. The van der Waals surface area contributed by atoms with Crippen LogP contribution >= 0.6 is 0 Å². The molecule has 0 saturated carbocycles. The van der Waals surface area contributed by atoms with Gasteiger partial charge in [-0.3, -0.25) is 9.97 Å². The van der Waals surface area contributed by atoms with Crippen molar-refractivity contribution in [1.29, 1.82) is 0 Å². The molecule has 0 spiro atoms. The summed E-state index contributed by atoms with van der Waals surface area (Å²) in [5.74, 6) is 0. The fraction of sp³-hybridized carbons (Fsp3) is 0. The zero-order valence-electron chi connectivity index (χ0n) is 11.7. The van der Waals surface area contributed by atoms with Crippen LogP contribution in [0.25, 0.3) is 32.9 Å². The highest BCUT2D eigenvalue weighted by Gasteiger charge is 2.09. The van der Waals surface area contributed by atoms with Gasteiger partial charge in [-0.1, -0.05) is 48.5 Å². The predicted octanol–water partition coefficient (Wildman–Crippen LogP) is 4.45. The van der Waals surface area contributed by atoms with Gasteiger partial charge in [-0.05, 0) is 22.9 Å². The quantitative estimate of drug-likeness (QED) is 0.503. The number of aromatic nitrogens is 2. The number of hydrogen-bond acceptors (Lipinski definition) is 2. The summed E-state index contributed by atoms with van der Waals surface area (Å²) >= 11 is 0. The van der Waals surface area contributed by atoms with Crippen molar-refractivity contribution in [3.8, 4) is 11.4 Å². The Morgan fingerprint density at radius 3 is 2.00 bits per heavy atom. The zero-order valence-corrected chi connectivity index (χ0v) is 10.7. The van der Waals surface area contributed by atoms with Crippen LogP contribution in [0.4, 0.5) is 0 Å². The first kappa shape index (κ1) is 10.1. The van der Waals surface area contributed by atoms with Gasteiger partial charge in [0.05, 0.1) is 12.8 Å². The first-order chi connectivity index (χ1) is 10.3. The third-order valence-corrected chi connectivity index (χ3v) is 3.51. The lowest BCUT2D eigenvalue weighted by Crippen LogP contribution is -1.90. The number of hydrogen-bond donors (Lipinski definition) is 0. The van der Waals surface area contributed by atoms with E-state index in [0.717, 1.165) is 32.9 Å². The van der Waals surface area contributed by atoms with Crippen molar-refractivity contribution in [2.45, 2.75) is 0 Å². The van der Waals surface area contributed by atoms with E-state index >= 15 is 0 Å². The molecule has 4 aromatic rings. The molecule has 2 nitrogen and oxygen atoms in total. The minimum Gasteiger partial charge on any atom is -0.254 e. The largest absolute Gasteiger partial charge is 0.254 e. The molecule has 94 valence electrons. The monoisotopic (exact) mass is 257 g/mol. The number of rotatable bonds is 1. The van der Waals surface area contributed by atoms with Crippen LogP contribution in [0.15, 0.2) is 73.0 Å². The molecular formula is C18H12N2. The van der Waals surface area contributed by atoms with Crippen molar-refractivity contribution in [3.63, 3.8) is 0 Å². The van der Waals surface area contributed by atoms with Crippen LogP contribution in [0.1, 0.15) is 1.37 Å². The van der Waals surface area contributed by atoms with Gasteiger partial charge < -0.3 is 0 Å². The third kappa shape index (κ3) is 1.66. The lowest BCUT2D eigenvalue weighted by molar-refractivity contribution is 1.29. The number of fused-ring (bicyclic) bond motifs is 2. The summed E-state index contributed by atoms with van der Waals surface area (Å²) in [6.07, 6.45) is 2.06. The zero-order chi connectivity index (χ0) is 14.2. The minimum atomic E-state index is 0.262. The molecular weight excluding hydrogens is 244 g/mol. The second-order valence-electron chi connectivity index (χ2n) is 4.70. The summed E-state index contributed by atoms with van der Waals surface area (Å²) < 4.78 is 7.94.